The van der Waals surface area contributed by atoms with Gasteiger partial charge in [0.1, 0.15) is 11.3 Å². The number of carbonyl (C=O) groups is 1. The number of hydrogen-bond donors (Lipinski definition) is 1. The summed E-state index contributed by atoms with van der Waals surface area (Å²) in [5.74, 6) is 0.582. The maximum absolute atomic E-state index is 11.8. The molecule has 112 valence electrons. The minimum Gasteiger partial charge on any atom is -0.493 e. The van der Waals surface area contributed by atoms with Gasteiger partial charge in [0.2, 0.25) is 0 Å². The van der Waals surface area contributed by atoms with Gasteiger partial charge in [-0.15, -0.1) is 0 Å². The van der Waals surface area contributed by atoms with Gasteiger partial charge in [0.25, 0.3) is 0 Å². The van der Waals surface area contributed by atoms with Crippen LogP contribution in [0.15, 0.2) is 24.3 Å². The highest BCUT2D eigenvalue weighted by Gasteiger charge is 2.33. The molecule has 1 atom stereocenters. The lowest BCUT2D eigenvalue weighted by atomic mass is 9.98. The van der Waals surface area contributed by atoms with Gasteiger partial charge in [-0.1, -0.05) is 26.0 Å². The van der Waals surface area contributed by atoms with Crippen molar-refractivity contribution < 1.29 is 14.3 Å². The van der Waals surface area contributed by atoms with E-state index in [4.69, 9.17) is 9.47 Å². The quantitative estimate of drug-likeness (QED) is 0.743. The number of hydrogen-bond acceptors (Lipinski definition) is 4. The number of carbonyl (C=O) groups excluding carboxylic acids is 1. The van der Waals surface area contributed by atoms with Crippen molar-refractivity contribution in [3.8, 4) is 5.75 Å². The molecular weight excluding hydrogens is 254 g/mol. The second-order valence-corrected chi connectivity index (χ2v) is 4.95. The smallest absolute Gasteiger partial charge is 0.325 e. The SMILES string of the molecule is CCNC(C)(CCOc1cccc(CC)c1)C(=O)OC. The molecule has 0 aliphatic heterocycles. The monoisotopic (exact) mass is 279 g/mol. The minimum absolute atomic E-state index is 0.259. The predicted octanol–water partition coefficient (Wildman–Crippen LogP) is 2.56. The van der Waals surface area contributed by atoms with E-state index in [9.17, 15) is 4.79 Å². The number of ether oxygens (including phenoxy) is 2. The largest absolute Gasteiger partial charge is 0.493 e. The van der Waals surface area contributed by atoms with Crippen molar-refractivity contribution in [2.24, 2.45) is 0 Å². The molecule has 0 saturated heterocycles. The molecule has 4 nitrogen and oxygen atoms in total. The van der Waals surface area contributed by atoms with Crippen molar-refractivity contribution in [1.82, 2.24) is 5.32 Å². The first-order valence-electron chi connectivity index (χ1n) is 7.11. The van der Waals surface area contributed by atoms with Crippen LogP contribution in [0, 0.1) is 0 Å². The summed E-state index contributed by atoms with van der Waals surface area (Å²) >= 11 is 0. The lowest BCUT2D eigenvalue weighted by Crippen LogP contribution is -2.51. The average Bonchev–Trinajstić information content (AvgIpc) is 2.46. The molecule has 1 rings (SSSR count). The van der Waals surface area contributed by atoms with Crippen LogP contribution in [0.1, 0.15) is 32.8 Å². The highest BCUT2D eigenvalue weighted by atomic mass is 16.5. The van der Waals surface area contributed by atoms with E-state index in [1.807, 2.05) is 32.0 Å². The first-order chi connectivity index (χ1) is 9.55. The normalized spacial score (nSPS) is 13.6. The van der Waals surface area contributed by atoms with Crippen LogP contribution in [0.4, 0.5) is 0 Å². The maximum Gasteiger partial charge on any atom is 0.325 e. The summed E-state index contributed by atoms with van der Waals surface area (Å²) in [6.45, 7) is 7.09. The Kier molecular flexibility index (Phi) is 6.52. The molecule has 0 aromatic heterocycles. The van der Waals surface area contributed by atoms with Crippen LogP contribution in [0.5, 0.6) is 5.75 Å². The van der Waals surface area contributed by atoms with Gasteiger partial charge in [-0.25, -0.2) is 0 Å². The summed E-state index contributed by atoms with van der Waals surface area (Å²) < 4.78 is 10.6. The summed E-state index contributed by atoms with van der Waals surface area (Å²) in [6.07, 6.45) is 1.54. The van der Waals surface area contributed by atoms with Crippen LogP contribution in [0.2, 0.25) is 0 Å². The number of aryl methyl sites for hydroxylation is 1. The van der Waals surface area contributed by atoms with E-state index >= 15 is 0 Å². The zero-order chi connectivity index (χ0) is 15.0. The number of benzene rings is 1. The molecule has 20 heavy (non-hydrogen) atoms. The molecule has 4 heteroatoms. The molecule has 0 saturated carbocycles. The standard InChI is InChI=1S/C16H25NO3/c1-5-13-8-7-9-14(12-13)20-11-10-16(3,17-6-2)15(18)19-4/h7-9,12,17H,5-6,10-11H2,1-4H3. The summed E-state index contributed by atoms with van der Waals surface area (Å²) in [5.41, 5.74) is 0.538. The maximum atomic E-state index is 11.8. The zero-order valence-electron chi connectivity index (χ0n) is 12.9. The Labute approximate surface area is 121 Å². The van der Waals surface area contributed by atoms with Crippen LogP contribution in [-0.2, 0) is 16.0 Å². The Bertz CT molecular complexity index is 433. The van der Waals surface area contributed by atoms with Crippen molar-refractivity contribution in [2.75, 3.05) is 20.3 Å². The third-order valence-corrected chi connectivity index (χ3v) is 3.38. The van der Waals surface area contributed by atoms with E-state index in [2.05, 4.69) is 18.3 Å². The first-order valence-corrected chi connectivity index (χ1v) is 7.11. The molecule has 0 aliphatic carbocycles. The van der Waals surface area contributed by atoms with E-state index in [1.165, 1.54) is 12.7 Å². The van der Waals surface area contributed by atoms with E-state index in [-0.39, 0.29) is 5.97 Å². The summed E-state index contributed by atoms with van der Waals surface area (Å²) in [5, 5.41) is 3.16. The Hall–Kier alpha value is -1.55. The number of methoxy groups -OCH3 is 1. The van der Waals surface area contributed by atoms with Crippen LogP contribution >= 0.6 is 0 Å². The van der Waals surface area contributed by atoms with Gasteiger partial charge >= 0.3 is 5.97 Å². The number of nitrogens with one attached hydrogen (secondary N) is 1. The molecule has 0 heterocycles. The van der Waals surface area contributed by atoms with Gasteiger partial charge in [0.15, 0.2) is 0 Å². The molecule has 0 amide bonds. The van der Waals surface area contributed by atoms with Crippen LogP contribution < -0.4 is 10.1 Å². The third-order valence-electron chi connectivity index (χ3n) is 3.38. The highest BCUT2D eigenvalue weighted by Crippen LogP contribution is 2.17. The number of rotatable bonds is 8. The van der Waals surface area contributed by atoms with E-state index in [0.717, 1.165) is 12.2 Å². The van der Waals surface area contributed by atoms with Crippen LogP contribution in [-0.4, -0.2) is 31.8 Å². The van der Waals surface area contributed by atoms with E-state index < -0.39 is 5.54 Å². The lowest BCUT2D eigenvalue weighted by molar-refractivity contribution is -0.148. The summed E-state index contributed by atoms with van der Waals surface area (Å²) in [4.78, 5) is 11.8. The van der Waals surface area contributed by atoms with Gasteiger partial charge in [0, 0.05) is 6.42 Å². The Morgan fingerprint density at radius 1 is 1.35 bits per heavy atom. The fourth-order valence-electron chi connectivity index (χ4n) is 2.11. The molecule has 0 bridgehead atoms. The average molecular weight is 279 g/mol. The van der Waals surface area contributed by atoms with Crippen LogP contribution in [0.25, 0.3) is 0 Å². The van der Waals surface area contributed by atoms with Gasteiger partial charge < -0.3 is 14.8 Å². The van der Waals surface area contributed by atoms with E-state index in [0.29, 0.717) is 19.6 Å². The molecule has 1 aromatic carbocycles. The highest BCUT2D eigenvalue weighted by molar-refractivity contribution is 5.80. The number of esters is 1. The molecule has 1 N–H and O–H groups in total. The molecule has 1 aromatic rings. The predicted molar refractivity (Wildman–Crippen MR) is 80.0 cm³/mol. The zero-order valence-corrected chi connectivity index (χ0v) is 12.9. The summed E-state index contributed by atoms with van der Waals surface area (Å²) in [7, 11) is 1.41. The minimum atomic E-state index is -0.703. The fraction of sp³-hybridized carbons (Fsp3) is 0.562. The molecular formula is C16H25NO3. The topological polar surface area (TPSA) is 47.6 Å². The molecule has 0 fully saturated rings. The van der Waals surface area contributed by atoms with Crippen molar-refractivity contribution in [3.63, 3.8) is 0 Å². The molecule has 1 unspecified atom stereocenters. The molecule has 0 radical (unpaired) electrons. The Balaban J connectivity index is 2.57. The van der Waals surface area contributed by atoms with Crippen molar-refractivity contribution in [3.05, 3.63) is 29.8 Å². The third kappa shape index (κ3) is 4.53. The second kappa shape index (κ2) is 7.90. The first kappa shape index (κ1) is 16.5. The second-order valence-electron chi connectivity index (χ2n) is 4.95. The van der Waals surface area contributed by atoms with Gasteiger partial charge in [0.05, 0.1) is 13.7 Å². The van der Waals surface area contributed by atoms with E-state index in [1.54, 1.807) is 0 Å². The molecule has 0 aliphatic rings. The van der Waals surface area contributed by atoms with Gasteiger partial charge in [-0.3, -0.25) is 4.79 Å². The number of likely N-dealkylation sites (N-methyl/N-ethyl adjacent to an activating group) is 1. The lowest BCUT2D eigenvalue weighted by Gasteiger charge is -2.27. The Morgan fingerprint density at radius 3 is 2.70 bits per heavy atom. The Morgan fingerprint density at radius 2 is 2.10 bits per heavy atom. The van der Waals surface area contributed by atoms with Gasteiger partial charge in [-0.05, 0) is 37.6 Å². The van der Waals surface area contributed by atoms with Crippen molar-refractivity contribution >= 4 is 5.97 Å². The van der Waals surface area contributed by atoms with Crippen LogP contribution in [0.3, 0.4) is 0 Å². The van der Waals surface area contributed by atoms with Gasteiger partial charge in [-0.2, -0.15) is 0 Å². The summed E-state index contributed by atoms with van der Waals surface area (Å²) in [6, 6.07) is 8.02. The molecule has 0 spiro atoms. The van der Waals surface area contributed by atoms with Crippen molar-refractivity contribution in [2.45, 2.75) is 39.2 Å². The van der Waals surface area contributed by atoms with Crippen molar-refractivity contribution in [1.29, 1.82) is 0 Å². The fourth-order valence-corrected chi connectivity index (χ4v) is 2.11.